The predicted molar refractivity (Wildman–Crippen MR) is 113 cm³/mol. The van der Waals surface area contributed by atoms with E-state index in [1.54, 1.807) is 34.9 Å². The Bertz CT molecular complexity index is 888. The van der Waals surface area contributed by atoms with E-state index in [-0.39, 0.29) is 30.0 Å². The Balaban J connectivity index is 1.39. The van der Waals surface area contributed by atoms with E-state index >= 15 is 0 Å². The normalized spacial score (nSPS) is 19.5. The smallest absolute Gasteiger partial charge is 0.409 e. The van der Waals surface area contributed by atoms with Crippen LogP contribution in [0.1, 0.15) is 59.7 Å². The van der Waals surface area contributed by atoms with E-state index in [0.717, 1.165) is 32.1 Å². The van der Waals surface area contributed by atoms with Crippen molar-refractivity contribution >= 4 is 29.6 Å². The zero-order valence-corrected chi connectivity index (χ0v) is 17.8. The number of amides is 5. The highest BCUT2D eigenvalue weighted by molar-refractivity contribution is 6.22. The Morgan fingerprint density at radius 2 is 1.61 bits per heavy atom. The molecule has 1 N–H and O–H groups in total. The summed E-state index contributed by atoms with van der Waals surface area (Å²) in [7, 11) is 0. The molecule has 0 radical (unpaired) electrons. The summed E-state index contributed by atoms with van der Waals surface area (Å²) in [6, 6.07) is 4.53. The molecule has 0 atom stereocenters. The number of benzene rings is 1. The van der Waals surface area contributed by atoms with Crippen molar-refractivity contribution in [3.05, 3.63) is 29.3 Å². The van der Waals surface area contributed by atoms with Gasteiger partial charge in [0.15, 0.2) is 0 Å². The second-order valence-corrected chi connectivity index (χ2v) is 8.14. The molecule has 1 saturated carbocycles. The molecule has 2 aliphatic heterocycles. The van der Waals surface area contributed by atoms with E-state index < -0.39 is 0 Å². The first-order chi connectivity index (χ1) is 15.0. The van der Waals surface area contributed by atoms with Crippen molar-refractivity contribution in [1.29, 1.82) is 0 Å². The molecule has 9 nitrogen and oxygen atoms in total. The fourth-order valence-corrected chi connectivity index (χ4v) is 4.52. The van der Waals surface area contributed by atoms with Gasteiger partial charge >= 0.3 is 12.1 Å². The molecule has 1 aromatic rings. The maximum atomic E-state index is 12.9. The van der Waals surface area contributed by atoms with Gasteiger partial charge in [0, 0.05) is 37.9 Å². The third kappa shape index (κ3) is 4.22. The van der Waals surface area contributed by atoms with Crippen LogP contribution in [0, 0.1) is 0 Å². The quantitative estimate of drug-likeness (QED) is 0.747. The van der Waals surface area contributed by atoms with E-state index in [0.29, 0.717) is 49.6 Å². The summed E-state index contributed by atoms with van der Waals surface area (Å²) in [4.78, 5) is 54.8. The van der Waals surface area contributed by atoms with Crippen LogP contribution in [0.5, 0.6) is 0 Å². The lowest BCUT2D eigenvalue weighted by atomic mass is 9.94. The van der Waals surface area contributed by atoms with Crippen molar-refractivity contribution in [3.8, 4) is 0 Å². The van der Waals surface area contributed by atoms with Crippen molar-refractivity contribution in [1.82, 2.24) is 14.7 Å². The molecule has 31 heavy (non-hydrogen) atoms. The molecule has 2 heterocycles. The third-order valence-electron chi connectivity index (χ3n) is 6.20. The Labute approximate surface area is 181 Å². The number of carbonyl (C=O) groups excluding carboxylic acids is 4. The van der Waals surface area contributed by atoms with Crippen molar-refractivity contribution in [2.24, 2.45) is 0 Å². The highest BCUT2D eigenvalue weighted by Crippen LogP contribution is 2.32. The molecule has 1 aliphatic carbocycles. The number of hydrogen-bond donors (Lipinski definition) is 1. The lowest BCUT2D eigenvalue weighted by molar-refractivity contribution is 0.0548. The number of ether oxygens (including phenoxy) is 1. The number of anilines is 1. The van der Waals surface area contributed by atoms with Crippen LogP contribution in [0.4, 0.5) is 15.3 Å². The molecule has 9 heteroatoms. The minimum absolute atomic E-state index is 0.0325. The molecule has 166 valence electrons. The largest absolute Gasteiger partial charge is 0.450 e. The SMILES string of the molecule is CCOC(=O)N1CCN(C(=O)Nc2ccc3c(c2)C(=O)N(C2CCCCC2)C3=O)CC1. The predicted octanol–water partition coefficient (Wildman–Crippen LogP) is 2.92. The first-order valence-corrected chi connectivity index (χ1v) is 11.0. The van der Waals surface area contributed by atoms with Crippen molar-refractivity contribution in [2.75, 3.05) is 38.1 Å². The average molecular weight is 428 g/mol. The van der Waals surface area contributed by atoms with Crippen LogP contribution in [-0.4, -0.2) is 77.5 Å². The van der Waals surface area contributed by atoms with E-state index in [1.165, 1.54) is 4.90 Å². The van der Waals surface area contributed by atoms with Crippen molar-refractivity contribution in [3.63, 3.8) is 0 Å². The fraction of sp³-hybridized carbons (Fsp3) is 0.545. The van der Waals surface area contributed by atoms with Crippen molar-refractivity contribution in [2.45, 2.75) is 45.1 Å². The molecule has 3 aliphatic rings. The van der Waals surface area contributed by atoms with Crippen LogP contribution in [-0.2, 0) is 4.74 Å². The summed E-state index contributed by atoms with van der Waals surface area (Å²) in [6.45, 7) is 3.66. The van der Waals surface area contributed by atoms with E-state index in [1.807, 2.05) is 0 Å². The van der Waals surface area contributed by atoms with E-state index in [2.05, 4.69) is 5.32 Å². The molecule has 2 fully saturated rings. The van der Waals surface area contributed by atoms with Gasteiger partial charge in [-0.15, -0.1) is 0 Å². The Hall–Kier alpha value is -3.10. The van der Waals surface area contributed by atoms with Crippen LogP contribution in [0.2, 0.25) is 0 Å². The maximum absolute atomic E-state index is 12.9. The van der Waals surface area contributed by atoms with Gasteiger partial charge in [-0.25, -0.2) is 9.59 Å². The monoisotopic (exact) mass is 428 g/mol. The second kappa shape index (κ2) is 8.95. The van der Waals surface area contributed by atoms with Crippen LogP contribution in [0.25, 0.3) is 0 Å². The van der Waals surface area contributed by atoms with Gasteiger partial charge in [-0.3, -0.25) is 14.5 Å². The topological polar surface area (TPSA) is 99.3 Å². The first kappa shape index (κ1) is 21.1. The number of nitrogens with one attached hydrogen (secondary N) is 1. The van der Waals surface area contributed by atoms with Gasteiger partial charge < -0.3 is 19.9 Å². The van der Waals surface area contributed by atoms with Gasteiger partial charge in [0.2, 0.25) is 0 Å². The summed E-state index contributed by atoms with van der Waals surface area (Å²) < 4.78 is 4.99. The van der Waals surface area contributed by atoms with Crippen molar-refractivity contribution < 1.29 is 23.9 Å². The number of imide groups is 1. The highest BCUT2D eigenvalue weighted by atomic mass is 16.6. The van der Waals surface area contributed by atoms with Crippen LogP contribution in [0.15, 0.2) is 18.2 Å². The van der Waals surface area contributed by atoms with Gasteiger partial charge in [-0.05, 0) is 38.0 Å². The summed E-state index contributed by atoms with van der Waals surface area (Å²) >= 11 is 0. The molecule has 0 unspecified atom stereocenters. The van der Waals surface area contributed by atoms with E-state index in [4.69, 9.17) is 4.74 Å². The zero-order chi connectivity index (χ0) is 22.0. The second-order valence-electron chi connectivity index (χ2n) is 8.14. The minimum Gasteiger partial charge on any atom is -0.450 e. The van der Waals surface area contributed by atoms with Gasteiger partial charge in [-0.1, -0.05) is 19.3 Å². The van der Waals surface area contributed by atoms with E-state index in [9.17, 15) is 19.2 Å². The highest BCUT2D eigenvalue weighted by Gasteiger charge is 2.40. The summed E-state index contributed by atoms with van der Waals surface area (Å²) in [6.07, 6.45) is 4.54. The average Bonchev–Trinajstić information content (AvgIpc) is 3.04. The molecule has 0 bridgehead atoms. The van der Waals surface area contributed by atoms with Gasteiger partial charge in [0.1, 0.15) is 0 Å². The number of carbonyl (C=O) groups is 4. The van der Waals surface area contributed by atoms with Crippen LogP contribution < -0.4 is 5.32 Å². The lowest BCUT2D eigenvalue weighted by Gasteiger charge is -2.34. The molecule has 1 saturated heterocycles. The number of fused-ring (bicyclic) bond motifs is 1. The molecule has 0 spiro atoms. The zero-order valence-electron chi connectivity index (χ0n) is 17.8. The minimum atomic E-state index is -0.369. The molecule has 1 aromatic carbocycles. The number of rotatable bonds is 3. The Morgan fingerprint density at radius 3 is 2.29 bits per heavy atom. The molecule has 5 amide bonds. The van der Waals surface area contributed by atoms with Gasteiger partial charge in [-0.2, -0.15) is 0 Å². The molecule has 4 rings (SSSR count). The Morgan fingerprint density at radius 1 is 0.968 bits per heavy atom. The first-order valence-electron chi connectivity index (χ1n) is 11.0. The Kier molecular flexibility index (Phi) is 6.11. The molecular formula is C22H28N4O5. The molecular weight excluding hydrogens is 400 g/mol. The summed E-state index contributed by atoms with van der Waals surface area (Å²) in [5.41, 5.74) is 1.22. The van der Waals surface area contributed by atoms with Gasteiger partial charge in [0.05, 0.1) is 17.7 Å². The number of hydrogen-bond acceptors (Lipinski definition) is 5. The van der Waals surface area contributed by atoms with Gasteiger partial charge in [0.25, 0.3) is 11.8 Å². The maximum Gasteiger partial charge on any atom is 0.409 e. The molecule has 0 aromatic heterocycles. The lowest BCUT2D eigenvalue weighted by Crippen LogP contribution is -2.51. The summed E-state index contributed by atoms with van der Waals surface area (Å²) in [5.74, 6) is -0.508. The number of piperazine rings is 1. The number of nitrogens with zero attached hydrogens (tertiary/aromatic N) is 3. The third-order valence-corrected chi connectivity index (χ3v) is 6.20. The summed E-state index contributed by atoms with van der Waals surface area (Å²) in [5, 5.41) is 2.81. The van der Waals surface area contributed by atoms with Crippen LogP contribution >= 0.6 is 0 Å². The fourth-order valence-electron chi connectivity index (χ4n) is 4.52. The van der Waals surface area contributed by atoms with Crippen LogP contribution in [0.3, 0.4) is 0 Å². The standard InChI is InChI=1S/C22H28N4O5/c1-2-31-22(30)25-12-10-24(11-13-25)21(29)23-15-8-9-17-18(14-15)20(28)26(19(17)27)16-6-4-3-5-7-16/h8-9,14,16H,2-7,10-13H2,1H3,(H,23,29). The number of urea groups is 1.